The lowest BCUT2D eigenvalue weighted by Crippen LogP contribution is -2.61. The number of H-pyrrole nitrogens is 1. The van der Waals surface area contributed by atoms with Gasteiger partial charge in [0.2, 0.25) is 47.3 Å². The average Bonchev–Trinajstić information content (AvgIpc) is 4.10. The second-order valence-electron chi connectivity index (χ2n) is 21.3. The number of hydrogen-bond donors (Lipinski definition) is 12. The van der Waals surface area contributed by atoms with Crippen LogP contribution in [-0.2, 0) is 64.0 Å². The quantitative estimate of drug-likeness (QED) is 0.0583. The number of carbonyl (C=O) groups excluding carboxylic acids is 8. The molecule has 8 atom stereocenters. The molecule has 6 aromatic carbocycles. The largest absolute Gasteiger partial charge is 0.508 e. The average molecular weight is 1180 g/mol. The minimum absolute atomic E-state index is 0.0168. The lowest BCUT2D eigenvalue weighted by molar-refractivity contribution is -0.136. The van der Waals surface area contributed by atoms with Gasteiger partial charge in [0.25, 0.3) is 0 Å². The maximum absolute atomic E-state index is 14.9. The standard InChI is InChI=1S/C62H71N11O9S2/c1-35(2)54-62(82)72-53(60(80)68-49(55(65)75)30-38-18-22-40-11-4-6-13-42(40)27-38)34-84-83-33-52(71-56(76)46(64)28-37-17-21-39-10-3-5-12-41(39)26-37)61(81)69-50(29-36-19-23-44(74)24-20-36)58(78)70-51(31-43-32-66-47-15-8-7-14-45(43)47)59(79)67-48(16-9-25-63)57(77)73-54/h3-8,10-15,17-24,26-27,32,35,46,48-54,66,74H,9,16,25,28-31,33-34,63-64H2,1-2H3,(H2,65,75)(H,67,79)(H,68,80)(H,69,81)(H,70,78)(H,71,76)(H,72,82)(H,73,77)/t46-,48+,49+,50-,51-,52+,53+,54+/m1/s1. The minimum atomic E-state index is -1.41. The van der Waals surface area contributed by atoms with Crippen molar-refractivity contribution in [3.8, 4) is 5.75 Å². The molecule has 7 aromatic rings. The van der Waals surface area contributed by atoms with E-state index in [9.17, 15) is 43.5 Å². The maximum Gasteiger partial charge on any atom is 0.244 e. The molecule has 1 saturated heterocycles. The normalized spacial score (nSPS) is 20.4. The summed E-state index contributed by atoms with van der Waals surface area (Å²) < 4.78 is 0. The second kappa shape index (κ2) is 29.2. The van der Waals surface area contributed by atoms with Gasteiger partial charge in [-0.1, -0.05) is 151 Å². The summed E-state index contributed by atoms with van der Waals surface area (Å²) in [6.45, 7) is 3.52. The Hall–Kier alpha value is -8.44. The molecule has 20 nitrogen and oxygen atoms in total. The van der Waals surface area contributed by atoms with E-state index in [4.69, 9.17) is 17.2 Å². The van der Waals surface area contributed by atoms with Gasteiger partial charge in [0.15, 0.2) is 0 Å². The molecule has 0 aliphatic carbocycles. The molecule has 0 radical (unpaired) electrons. The Labute approximate surface area is 494 Å². The number of nitrogens with two attached hydrogens (primary N) is 3. The van der Waals surface area contributed by atoms with Crippen molar-refractivity contribution in [3.05, 3.63) is 162 Å². The summed E-state index contributed by atoms with van der Waals surface area (Å²) in [5.74, 6) is -7.15. The van der Waals surface area contributed by atoms with Gasteiger partial charge in [-0.25, -0.2) is 0 Å². The summed E-state index contributed by atoms with van der Waals surface area (Å²) in [6.07, 6.45) is 1.88. The van der Waals surface area contributed by atoms with Gasteiger partial charge in [-0.05, 0) is 93.7 Å². The van der Waals surface area contributed by atoms with E-state index in [1.807, 2.05) is 109 Å². The van der Waals surface area contributed by atoms with Crippen LogP contribution in [0.1, 0.15) is 48.9 Å². The summed E-state index contributed by atoms with van der Waals surface area (Å²) in [5.41, 5.74) is 21.8. The Morgan fingerprint density at radius 3 is 1.83 bits per heavy atom. The van der Waals surface area contributed by atoms with Crippen molar-refractivity contribution in [1.29, 1.82) is 0 Å². The number of benzene rings is 6. The number of aromatic nitrogens is 1. The van der Waals surface area contributed by atoms with Crippen LogP contribution >= 0.6 is 21.6 Å². The number of amides is 8. The van der Waals surface area contributed by atoms with E-state index < -0.39 is 102 Å². The predicted octanol–water partition coefficient (Wildman–Crippen LogP) is 3.45. The van der Waals surface area contributed by atoms with Crippen LogP contribution in [0, 0.1) is 5.92 Å². The zero-order chi connectivity index (χ0) is 59.9. The number of aromatic amines is 1. The summed E-state index contributed by atoms with van der Waals surface area (Å²) >= 11 is 0. The Kier molecular flexibility index (Phi) is 21.4. The third-order valence-corrected chi connectivity index (χ3v) is 17.1. The van der Waals surface area contributed by atoms with Crippen molar-refractivity contribution in [2.75, 3.05) is 18.1 Å². The third kappa shape index (κ3) is 16.6. The van der Waals surface area contributed by atoms with Gasteiger partial charge >= 0.3 is 0 Å². The first-order valence-corrected chi connectivity index (χ1v) is 30.3. The fourth-order valence-electron chi connectivity index (χ4n) is 9.95. The first-order chi connectivity index (χ1) is 40.4. The summed E-state index contributed by atoms with van der Waals surface area (Å²) in [6, 6.07) is 29.6. The van der Waals surface area contributed by atoms with Crippen molar-refractivity contribution < 1.29 is 43.5 Å². The summed E-state index contributed by atoms with van der Waals surface area (Å²) in [7, 11) is 2.13. The number of primary amides is 1. The van der Waals surface area contributed by atoms with Crippen molar-refractivity contribution in [1.82, 2.24) is 42.2 Å². The van der Waals surface area contributed by atoms with Gasteiger partial charge in [-0.15, -0.1) is 0 Å². The highest BCUT2D eigenvalue weighted by Gasteiger charge is 2.36. The molecular formula is C62H71N11O9S2. The Morgan fingerprint density at radius 1 is 0.631 bits per heavy atom. The number of phenols is 1. The monoisotopic (exact) mass is 1180 g/mol. The number of rotatable bonds is 17. The van der Waals surface area contributed by atoms with Crippen molar-refractivity contribution in [2.24, 2.45) is 23.1 Å². The van der Waals surface area contributed by atoms with Gasteiger partial charge in [-0.2, -0.15) is 0 Å². The number of carbonyl (C=O) groups is 8. The predicted molar refractivity (Wildman–Crippen MR) is 328 cm³/mol. The molecule has 22 heteroatoms. The van der Waals surface area contributed by atoms with Gasteiger partial charge in [0.05, 0.1) is 6.04 Å². The van der Waals surface area contributed by atoms with Crippen LogP contribution in [-0.4, -0.2) is 124 Å². The zero-order valence-electron chi connectivity index (χ0n) is 46.6. The highest BCUT2D eigenvalue weighted by Crippen LogP contribution is 2.26. The Balaban J connectivity index is 1.14. The van der Waals surface area contributed by atoms with Gasteiger partial charge in [0.1, 0.15) is 48.0 Å². The number of phenolic OH excluding ortho intramolecular Hbond substituents is 1. The summed E-state index contributed by atoms with van der Waals surface area (Å²) in [5, 5.41) is 34.4. The van der Waals surface area contributed by atoms with Crippen molar-refractivity contribution >= 4 is 101 Å². The van der Waals surface area contributed by atoms with E-state index in [2.05, 4.69) is 42.2 Å². The molecule has 1 aliphatic heterocycles. The third-order valence-electron chi connectivity index (χ3n) is 14.7. The Bertz CT molecular complexity index is 3510. The highest BCUT2D eigenvalue weighted by molar-refractivity contribution is 8.76. The van der Waals surface area contributed by atoms with Crippen LogP contribution < -0.4 is 54.4 Å². The Morgan fingerprint density at radius 2 is 1.19 bits per heavy atom. The highest BCUT2D eigenvalue weighted by atomic mass is 33.1. The summed E-state index contributed by atoms with van der Waals surface area (Å²) in [4.78, 5) is 119. The molecule has 2 heterocycles. The molecule has 84 heavy (non-hydrogen) atoms. The molecule has 1 aliphatic rings. The van der Waals surface area contributed by atoms with Gasteiger partial charge in [-0.3, -0.25) is 38.4 Å². The number of para-hydroxylation sites is 1. The fourth-order valence-corrected chi connectivity index (χ4v) is 12.3. The van der Waals surface area contributed by atoms with Crippen LogP contribution in [0.5, 0.6) is 5.75 Å². The molecule has 1 aromatic heterocycles. The van der Waals surface area contributed by atoms with Crippen LogP contribution in [0.4, 0.5) is 0 Å². The molecule has 440 valence electrons. The maximum atomic E-state index is 14.9. The molecule has 15 N–H and O–H groups in total. The second-order valence-corrected chi connectivity index (χ2v) is 23.9. The van der Waals surface area contributed by atoms with Gasteiger partial charge in [0, 0.05) is 47.9 Å². The number of fused-ring (bicyclic) bond motifs is 3. The lowest BCUT2D eigenvalue weighted by Gasteiger charge is -2.29. The van der Waals surface area contributed by atoms with Crippen molar-refractivity contribution in [2.45, 2.75) is 101 Å². The van der Waals surface area contributed by atoms with Gasteiger partial charge < -0.3 is 64.5 Å². The zero-order valence-corrected chi connectivity index (χ0v) is 48.2. The van der Waals surface area contributed by atoms with E-state index in [0.29, 0.717) is 16.7 Å². The molecule has 1 fully saturated rings. The molecule has 0 bridgehead atoms. The van der Waals surface area contributed by atoms with Crippen LogP contribution in [0.25, 0.3) is 32.4 Å². The van der Waals surface area contributed by atoms with Crippen LogP contribution in [0.2, 0.25) is 0 Å². The minimum Gasteiger partial charge on any atom is -0.508 e. The SMILES string of the molecule is CC(C)[C@@H]1NC(=O)[C@H](CCCN)NC(=O)[C@@H](Cc2c[nH]c3ccccc23)NC(=O)[C@@H](Cc2ccc(O)cc2)NC(=O)[C@@H](NC(=O)[C@H](N)Cc2ccc3ccccc3c2)CSSC[C@@H](C(=O)N[C@@H](Cc2ccc3ccccc3c2)C(N)=O)NC1=O. The topological polar surface area (TPSA) is 335 Å². The number of aromatic hydroxyl groups is 1. The van der Waals surface area contributed by atoms with E-state index in [1.165, 1.54) is 12.1 Å². The first-order valence-electron chi connectivity index (χ1n) is 27.8. The smallest absolute Gasteiger partial charge is 0.244 e. The number of hydrogen-bond acceptors (Lipinski definition) is 13. The molecule has 0 unspecified atom stereocenters. The van der Waals surface area contributed by atoms with Crippen LogP contribution in [0.15, 0.2) is 140 Å². The number of nitrogens with one attached hydrogen (secondary N) is 8. The van der Waals surface area contributed by atoms with E-state index in [0.717, 1.165) is 59.6 Å². The molecule has 8 amide bonds. The van der Waals surface area contributed by atoms with Crippen LogP contribution in [0.3, 0.4) is 0 Å². The van der Waals surface area contributed by atoms with E-state index in [1.54, 1.807) is 32.2 Å². The molecule has 0 saturated carbocycles. The molecule has 0 spiro atoms. The van der Waals surface area contributed by atoms with Crippen molar-refractivity contribution in [3.63, 3.8) is 0 Å². The molecular weight excluding hydrogens is 1110 g/mol. The first kappa shape index (κ1) is 61.6. The van der Waals surface area contributed by atoms with E-state index >= 15 is 0 Å². The van der Waals surface area contributed by atoms with E-state index in [-0.39, 0.29) is 62.3 Å². The lowest BCUT2D eigenvalue weighted by atomic mass is 10.00. The fraction of sp³-hybridized carbons (Fsp3) is 0.323. The molecule has 8 rings (SSSR count).